The van der Waals surface area contributed by atoms with Crippen molar-refractivity contribution in [3.63, 3.8) is 0 Å². The standard InChI is InChI=1S/C30H39N3O5/c1-20-12-9-13-21(2)24(20)32-18-11-15-30-23(22-26(35)31(4)16-10-14-29(22,3)38-30)27(36)33(25(30)28(32)37)17-7-5-6-8-19-34/h9-15,22-23,25,34H,5-8,16-19H2,1-4H3/t22-,23-,25?,29+,30-/m0/s1. The molecule has 8 nitrogen and oxygen atoms in total. The third-order valence-corrected chi connectivity index (χ3v) is 8.77. The van der Waals surface area contributed by atoms with Gasteiger partial charge >= 0.3 is 0 Å². The fourth-order valence-electron chi connectivity index (χ4n) is 7.06. The summed E-state index contributed by atoms with van der Waals surface area (Å²) in [4.78, 5) is 47.6. The van der Waals surface area contributed by atoms with E-state index in [9.17, 15) is 14.4 Å². The van der Waals surface area contributed by atoms with Gasteiger partial charge in [-0.25, -0.2) is 0 Å². The molecular formula is C30H39N3O5. The third kappa shape index (κ3) is 4.00. The number of carbonyl (C=O) groups excluding carboxylic acids is 3. The van der Waals surface area contributed by atoms with E-state index in [1.807, 2.05) is 63.3 Å². The van der Waals surface area contributed by atoms with Gasteiger partial charge in [0.25, 0.3) is 5.91 Å². The summed E-state index contributed by atoms with van der Waals surface area (Å²) in [5, 5.41) is 9.15. The number of nitrogens with zero attached hydrogens (tertiary/aromatic N) is 3. The summed E-state index contributed by atoms with van der Waals surface area (Å²) in [5.74, 6) is -2.00. The van der Waals surface area contributed by atoms with E-state index in [0.29, 0.717) is 32.5 Å². The lowest BCUT2D eigenvalue weighted by atomic mass is 9.74. The van der Waals surface area contributed by atoms with Crippen molar-refractivity contribution in [1.82, 2.24) is 9.80 Å². The number of amides is 3. The minimum Gasteiger partial charge on any atom is -0.396 e. The van der Waals surface area contributed by atoms with Crippen molar-refractivity contribution < 1.29 is 24.2 Å². The molecule has 0 bridgehead atoms. The van der Waals surface area contributed by atoms with Gasteiger partial charge in [-0.05, 0) is 44.7 Å². The van der Waals surface area contributed by atoms with Crippen LogP contribution in [0.25, 0.3) is 0 Å². The van der Waals surface area contributed by atoms with E-state index < -0.39 is 29.1 Å². The minimum atomic E-state index is -1.23. The number of anilines is 1. The van der Waals surface area contributed by atoms with E-state index in [0.717, 1.165) is 29.7 Å². The van der Waals surface area contributed by atoms with Crippen molar-refractivity contribution in [1.29, 1.82) is 0 Å². The summed E-state index contributed by atoms with van der Waals surface area (Å²) in [6.45, 7) is 7.21. The Hall–Kier alpha value is -2.97. The molecule has 1 aromatic rings. The number of benzene rings is 1. The number of aliphatic hydroxyl groups is 1. The molecule has 4 heterocycles. The van der Waals surface area contributed by atoms with Crippen LogP contribution in [-0.2, 0) is 19.1 Å². The van der Waals surface area contributed by atoms with Gasteiger partial charge in [0.1, 0.15) is 11.6 Å². The van der Waals surface area contributed by atoms with Crippen LogP contribution in [0.4, 0.5) is 5.69 Å². The topological polar surface area (TPSA) is 90.4 Å². The molecule has 1 spiro atoms. The zero-order chi connectivity index (χ0) is 27.2. The first kappa shape index (κ1) is 26.6. The maximum Gasteiger partial charge on any atom is 0.253 e. The smallest absolute Gasteiger partial charge is 0.253 e. The zero-order valence-electron chi connectivity index (χ0n) is 22.9. The number of carbonyl (C=O) groups is 3. The van der Waals surface area contributed by atoms with Gasteiger partial charge in [-0.2, -0.15) is 0 Å². The largest absolute Gasteiger partial charge is 0.396 e. The number of aryl methyl sites for hydroxylation is 2. The second-order valence-corrected chi connectivity index (χ2v) is 11.4. The van der Waals surface area contributed by atoms with Crippen molar-refractivity contribution in [3.8, 4) is 0 Å². The third-order valence-electron chi connectivity index (χ3n) is 8.77. The van der Waals surface area contributed by atoms with Crippen LogP contribution in [0.3, 0.4) is 0 Å². The Morgan fingerprint density at radius 2 is 1.61 bits per heavy atom. The molecule has 5 rings (SSSR count). The first-order valence-corrected chi connectivity index (χ1v) is 13.8. The molecule has 0 aliphatic carbocycles. The van der Waals surface area contributed by atoms with Crippen LogP contribution < -0.4 is 4.90 Å². The first-order valence-electron chi connectivity index (χ1n) is 13.8. The number of hydrogen-bond donors (Lipinski definition) is 1. The summed E-state index contributed by atoms with van der Waals surface area (Å²) in [6, 6.07) is 5.09. The minimum absolute atomic E-state index is 0.132. The molecule has 1 N–H and O–H groups in total. The number of hydrogen-bond acceptors (Lipinski definition) is 5. The summed E-state index contributed by atoms with van der Waals surface area (Å²) < 4.78 is 6.84. The maximum absolute atomic E-state index is 14.5. The number of likely N-dealkylation sites (N-methyl/N-ethyl adjacent to an activating group) is 1. The highest BCUT2D eigenvalue weighted by molar-refractivity contribution is 6.06. The molecule has 2 fully saturated rings. The van der Waals surface area contributed by atoms with E-state index in [1.54, 1.807) is 21.7 Å². The Kier molecular flexibility index (Phi) is 6.99. The van der Waals surface area contributed by atoms with Gasteiger partial charge in [-0.3, -0.25) is 14.4 Å². The quantitative estimate of drug-likeness (QED) is 0.440. The second-order valence-electron chi connectivity index (χ2n) is 11.4. The van der Waals surface area contributed by atoms with Gasteiger partial charge in [-0.15, -0.1) is 0 Å². The maximum atomic E-state index is 14.5. The summed E-state index contributed by atoms with van der Waals surface area (Å²) >= 11 is 0. The van der Waals surface area contributed by atoms with Crippen molar-refractivity contribution in [2.24, 2.45) is 11.8 Å². The van der Waals surface area contributed by atoms with Gasteiger partial charge in [0.05, 0.1) is 17.4 Å². The average molecular weight is 522 g/mol. The molecule has 3 amide bonds. The van der Waals surface area contributed by atoms with Crippen molar-refractivity contribution in [3.05, 3.63) is 53.6 Å². The number of para-hydroxylation sites is 1. The van der Waals surface area contributed by atoms with E-state index in [1.165, 1.54) is 0 Å². The summed E-state index contributed by atoms with van der Waals surface area (Å²) in [5.41, 5.74) is 0.604. The predicted molar refractivity (Wildman–Crippen MR) is 144 cm³/mol. The SMILES string of the molecule is Cc1cccc(C)c1N1CC=C[C@]23O[C@]4(C)C=CCN(C)C(=O)[C@@H]4[C@H]2C(=O)N(CCCCCCO)C3C1=O. The van der Waals surface area contributed by atoms with Crippen LogP contribution in [0.1, 0.15) is 43.7 Å². The van der Waals surface area contributed by atoms with Gasteiger partial charge in [0.15, 0.2) is 0 Å². The van der Waals surface area contributed by atoms with E-state index in [2.05, 4.69) is 0 Å². The number of aliphatic hydroxyl groups excluding tert-OH is 1. The van der Waals surface area contributed by atoms with Crippen molar-refractivity contribution >= 4 is 23.4 Å². The van der Waals surface area contributed by atoms with Gasteiger partial charge in [0.2, 0.25) is 11.8 Å². The zero-order valence-corrected chi connectivity index (χ0v) is 22.9. The molecule has 8 heteroatoms. The highest BCUT2D eigenvalue weighted by Gasteiger charge is 2.74. The molecule has 0 radical (unpaired) electrons. The monoisotopic (exact) mass is 521 g/mol. The fraction of sp³-hybridized carbons (Fsp3) is 0.567. The Morgan fingerprint density at radius 3 is 2.32 bits per heavy atom. The molecule has 0 saturated carbocycles. The summed E-state index contributed by atoms with van der Waals surface area (Å²) in [6.07, 6.45) is 10.8. The van der Waals surface area contributed by atoms with E-state index in [-0.39, 0.29) is 24.3 Å². The normalized spacial score (nSPS) is 32.4. The molecule has 204 valence electrons. The predicted octanol–water partition coefficient (Wildman–Crippen LogP) is 2.76. The highest BCUT2D eigenvalue weighted by atomic mass is 16.5. The number of fused-ring (bicyclic) bond motifs is 2. The lowest BCUT2D eigenvalue weighted by molar-refractivity contribution is -0.148. The number of rotatable bonds is 7. The highest BCUT2D eigenvalue weighted by Crippen LogP contribution is 2.57. The van der Waals surface area contributed by atoms with Gasteiger partial charge < -0.3 is 24.5 Å². The molecule has 0 aromatic heterocycles. The Balaban J connectivity index is 1.60. The van der Waals surface area contributed by atoms with Gasteiger partial charge in [-0.1, -0.05) is 55.3 Å². The van der Waals surface area contributed by atoms with Crippen molar-refractivity contribution in [2.75, 3.05) is 38.2 Å². The number of unbranched alkanes of at least 4 members (excludes halogenated alkanes) is 3. The van der Waals surface area contributed by atoms with Crippen LogP contribution in [0.15, 0.2) is 42.5 Å². The average Bonchev–Trinajstić information content (AvgIpc) is 3.14. The number of ether oxygens (including phenoxy) is 1. The lowest BCUT2D eigenvalue weighted by Gasteiger charge is -2.38. The van der Waals surface area contributed by atoms with E-state index >= 15 is 0 Å². The summed E-state index contributed by atoms with van der Waals surface area (Å²) in [7, 11) is 1.75. The molecule has 4 aliphatic rings. The first-order chi connectivity index (χ1) is 18.2. The Bertz CT molecular complexity index is 1170. The number of likely N-dealkylation sites (tertiary alicyclic amines) is 1. The fourth-order valence-corrected chi connectivity index (χ4v) is 7.06. The molecular weight excluding hydrogens is 482 g/mol. The molecule has 4 aliphatic heterocycles. The van der Waals surface area contributed by atoms with Crippen LogP contribution in [-0.4, -0.2) is 83.2 Å². The molecule has 2 saturated heterocycles. The van der Waals surface area contributed by atoms with Crippen LogP contribution >= 0.6 is 0 Å². The molecule has 1 aromatic carbocycles. The Morgan fingerprint density at radius 1 is 0.921 bits per heavy atom. The van der Waals surface area contributed by atoms with E-state index in [4.69, 9.17) is 9.84 Å². The van der Waals surface area contributed by atoms with Crippen molar-refractivity contribution in [2.45, 2.75) is 63.7 Å². The lowest BCUT2D eigenvalue weighted by Crippen LogP contribution is -2.56. The molecule has 38 heavy (non-hydrogen) atoms. The molecule has 5 atom stereocenters. The molecule has 1 unspecified atom stereocenters. The van der Waals surface area contributed by atoms with Crippen LogP contribution in [0, 0.1) is 25.7 Å². The van der Waals surface area contributed by atoms with Gasteiger partial charge in [0, 0.05) is 39.0 Å². The van der Waals surface area contributed by atoms with Crippen LogP contribution in [0.2, 0.25) is 0 Å². The van der Waals surface area contributed by atoms with Crippen LogP contribution in [0.5, 0.6) is 0 Å². The second kappa shape index (κ2) is 9.97. The Labute approximate surface area is 224 Å².